The van der Waals surface area contributed by atoms with Crippen LogP contribution >= 0.6 is 0 Å². The molecular formula is C18H25N7O2. The maximum atomic E-state index is 11.8. The number of amides is 1. The van der Waals surface area contributed by atoms with Crippen LogP contribution in [0.5, 0.6) is 0 Å². The Morgan fingerprint density at radius 1 is 1.19 bits per heavy atom. The third kappa shape index (κ3) is 4.75. The Balaban J connectivity index is 1.61. The van der Waals surface area contributed by atoms with Gasteiger partial charge in [-0.1, -0.05) is 0 Å². The number of nitrogens with zero attached hydrogens (tertiary/aromatic N) is 6. The minimum Gasteiger partial charge on any atom is -0.450 e. The molecule has 9 heteroatoms. The molecule has 1 aromatic heterocycles. The van der Waals surface area contributed by atoms with Crippen molar-refractivity contribution in [1.82, 2.24) is 20.1 Å². The zero-order valence-electron chi connectivity index (χ0n) is 15.9. The third-order valence-electron chi connectivity index (χ3n) is 4.29. The molecule has 0 atom stereocenters. The minimum atomic E-state index is -0.271. The fourth-order valence-electron chi connectivity index (χ4n) is 2.78. The first-order valence-electron chi connectivity index (χ1n) is 8.97. The quantitative estimate of drug-likeness (QED) is 0.854. The predicted molar refractivity (Wildman–Crippen MR) is 105 cm³/mol. The van der Waals surface area contributed by atoms with Crippen LogP contribution in [0, 0.1) is 0 Å². The molecule has 27 heavy (non-hydrogen) atoms. The van der Waals surface area contributed by atoms with Crippen LogP contribution in [0.2, 0.25) is 0 Å². The van der Waals surface area contributed by atoms with E-state index in [1.54, 1.807) is 18.0 Å². The van der Waals surface area contributed by atoms with E-state index in [4.69, 9.17) is 4.74 Å². The number of piperazine rings is 1. The van der Waals surface area contributed by atoms with Gasteiger partial charge in [0.05, 0.1) is 12.8 Å². The zero-order chi connectivity index (χ0) is 19.2. The average Bonchev–Trinajstić information content (AvgIpc) is 2.69. The van der Waals surface area contributed by atoms with E-state index in [-0.39, 0.29) is 6.09 Å². The summed E-state index contributed by atoms with van der Waals surface area (Å²) in [6, 6.07) is 8.06. The van der Waals surface area contributed by atoms with Crippen LogP contribution < -0.4 is 15.1 Å². The number of carbonyl (C=O) groups excluding carboxylic acids is 1. The van der Waals surface area contributed by atoms with E-state index >= 15 is 0 Å². The molecule has 0 aliphatic carbocycles. The number of nitrogens with one attached hydrogen (secondary N) is 1. The average molecular weight is 371 g/mol. The van der Waals surface area contributed by atoms with Gasteiger partial charge in [0.1, 0.15) is 0 Å². The number of rotatable bonds is 5. The molecule has 3 rings (SSSR count). The molecule has 1 aromatic carbocycles. The topological polar surface area (TPSA) is 86.7 Å². The van der Waals surface area contributed by atoms with Gasteiger partial charge >= 0.3 is 6.09 Å². The molecule has 144 valence electrons. The highest BCUT2D eigenvalue weighted by atomic mass is 16.6. The van der Waals surface area contributed by atoms with Crippen molar-refractivity contribution in [2.75, 3.05) is 62.0 Å². The van der Waals surface area contributed by atoms with Crippen LogP contribution in [-0.2, 0) is 4.74 Å². The molecule has 0 unspecified atom stereocenters. The number of hydrogen-bond donors (Lipinski definition) is 1. The van der Waals surface area contributed by atoms with Gasteiger partial charge in [0.25, 0.3) is 0 Å². The van der Waals surface area contributed by atoms with Gasteiger partial charge < -0.3 is 24.8 Å². The van der Waals surface area contributed by atoms with Crippen LogP contribution in [0.15, 0.2) is 30.5 Å². The molecule has 0 spiro atoms. The smallest absolute Gasteiger partial charge is 0.409 e. The Labute approximate surface area is 158 Å². The first-order valence-corrected chi connectivity index (χ1v) is 8.97. The molecular weight excluding hydrogens is 346 g/mol. The standard InChI is InChI=1S/C18H25N7O2/c1-4-27-18(26)25-11-9-24(10-12-25)17-21-16(13-19-22-17)20-14-5-7-15(8-6-14)23(2)3/h5-8,13H,4,9-12H2,1-3H3,(H,20,21,22). The molecule has 1 N–H and O–H groups in total. The van der Waals surface area contributed by atoms with Crippen molar-refractivity contribution in [2.45, 2.75) is 6.92 Å². The van der Waals surface area contributed by atoms with Crippen LogP contribution in [-0.4, -0.2) is 73.1 Å². The van der Waals surface area contributed by atoms with Crippen LogP contribution in [0.4, 0.5) is 27.9 Å². The molecule has 1 aliphatic rings. The third-order valence-corrected chi connectivity index (χ3v) is 4.29. The number of aromatic nitrogens is 3. The fraction of sp³-hybridized carbons (Fsp3) is 0.444. The van der Waals surface area contributed by atoms with E-state index in [9.17, 15) is 4.79 Å². The van der Waals surface area contributed by atoms with E-state index in [2.05, 4.69) is 20.5 Å². The lowest BCUT2D eigenvalue weighted by molar-refractivity contribution is 0.105. The highest BCUT2D eigenvalue weighted by Crippen LogP contribution is 2.20. The Bertz CT molecular complexity index is 759. The van der Waals surface area contributed by atoms with Gasteiger partial charge in [-0.05, 0) is 31.2 Å². The van der Waals surface area contributed by atoms with Crippen molar-refractivity contribution in [3.05, 3.63) is 30.5 Å². The lowest BCUT2D eigenvalue weighted by Crippen LogP contribution is -2.49. The van der Waals surface area contributed by atoms with Crippen LogP contribution in [0.3, 0.4) is 0 Å². The summed E-state index contributed by atoms with van der Waals surface area (Å²) >= 11 is 0. The second kappa shape index (κ2) is 8.52. The zero-order valence-corrected chi connectivity index (χ0v) is 15.9. The molecule has 0 bridgehead atoms. The molecule has 0 saturated carbocycles. The molecule has 2 heterocycles. The maximum Gasteiger partial charge on any atom is 0.409 e. The Kier molecular flexibility index (Phi) is 5.90. The summed E-state index contributed by atoms with van der Waals surface area (Å²) < 4.78 is 5.04. The summed E-state index contributed by atoms with van der Waals surface area (Å²) in [5.41, 5.74) is 2.06. The van der Waals surface area contributed by atoms with Crippen LogP contribution in [0.1, 0.15) is 6.92 Å². The van der Waals surface area contributed by atoms with Gasteiger partial charge in [0, 0.05) is 51.6 Å². The largest absolute Gasteiger partial charge is 0.450 e. The molecule has 1 saturated heterocycles. The SMILES string of the molecule is CCOC(=O)N1CCN(c2nncc(Nc3ccc(N(C)C)cc3)n2)CC1. The molecule has 1 aliphatic heterocycles. The molecule has 2 aromatic rings. The van der Waals surface area contributed by atoms with Crippen molar-refractivity contribution in [1.29, 1.82) is 0 Å². The summed E-state index contributed by atoms with van der Waals surface area (Å²) in [4.78, 5) is 22.1. The minimum absolute atomic E-state index is 0.271. The first kappa shape index (κ1) is 18.7. The van der Waals surface area contributed by atoms with E-state index in [0.717, 1.165) is 11.4 Å². The van der Waals surface area contributed by atoms with Gasteiger partial charge in [-0.25, -0.2) is 4.79 Å². The summed E-state index contributed by atoms with van der Waals surface area (Å²) in [6.07, 6.45) is 1.32. The molecule has 9 nitrogen and oxygen atoms in total. The summed E-state index contributed by atoms with van der Waals surface area (Å²) in [5, 5.41) is 11.4. The highest BCUT2D eigenvalue weighted by molar-refractivity contribution is 5.68. The molecule has 1 fully saturated rings. The number of carbonyl (C=O) groups is 1. The highest BCUT2D eigenvalue weighted by Gasteiger charge is 2.23. The van der Waals surface area contributed by atoms with Gasteiger partial charge in [-0.15, -0.1) is 5.10 Å². The Hall–Kier alpha value is -3.10. The maximum absolute atomic E-state index is 11.8. The normalized spacial score (nSPS) is 14.0. The van der Waals surface area contributed by atoms with Crippen molar-refractivity contribution < 1.29 is 9.53 Å². The van der Waals surface area contributed by atoms with E-state index < -0.39 is 0 Å². The predicted octanol–water partition coefficient (Wildman–Crippen LogP) is 1.96. The monoisotopic (exact) mass is 371 g/mol. The van der Waals surface area contributed by atoms with E-state index in [0.29, 0.717) is 44.6 Å². The lowest BCUT2D eigenvalue weighted by Gasteiger charge is -2.33. The van der Waals surface area contributed by atoms with Crippen molar-refractivity contribution in [2.24, 2.45) is 0 Å². The van der Waals surface area contributed by atoms with Gasteiger partial charge in [0.15, 0.2) is 5.82 Å². The molecule has 0 radical (unpaired) electrons. The number of anilines is 4. The Morgan fingerprint density at radius 2 is 1.89 bits per heavy atom. The summed E-state index contributed by atoms with van der Waals surface area (Å²) in [5.74, 6) is 1.18. The Morgan fingerprint density at radius 3 is 2.52 bits per heavy atom. The lowest BCUT2D eigenvalue weighted by atomic mass is 10.2. The van der Waals surface area contributed by atoms with Crippen LogP contribution in [0.25, 0.3) is 0 Å². The number of hydrogen-bond acceptors (Lipinski definition) is 8. The fourth-order valence-corrected chi connectivity index (χ4v) is 2.78. The first-order chi connectivity index (χ1) is 13.1. The second-order valence-electron chi connectivity index (χ2n) is 6.38. The number of ether oxygens (including phenoxy) is 1. The summed E-state index contributed by atoms with van der Waals surface area (Å²) in [6.45, 7) is 4.62. The van der Waals surface area contributed by atoms with Crippen molar-refractivity contribution in [3.8, 4) is 0 Å². The van der Waals surface area contributed by atoms with E-state index in [1.165, 1.54) is 0 Å². The van der Waals surface area contributed by atoms with Crippen molar-refractivity contribution >= 4 is 29.2 Å². The molecule has 1 amide bonds. The van der Waals surface area contributed by atoms with Gasteiger partial charge in [0.2, 0.25) is 5.95 Å². The number of benzene rings is 1. The van der Waals surface area contributed by atoms with Crippen molar-refractivity contribution in [3.63, 3.8) is 0 Å². The van der Waals surface area contributed by atoms with Gasteiger partial charge in [-0.2, -0.15) is 10.1 Å². The summed E-state index contributed by atoms with van der Waals surface area (Å²) in [7, 11) is 4.01. The van der Waals surface area contributed by atoms with E-state index in [1.807, 2.05) is 48.2 Å². The second-order valence-corrected chi connectivity index (χ2v) is 6.38. The van der Waals surface area contributed by atoms with Gasteiger partial charge in [-0.3, -0.25) is 0 Å².